The molecule has 1 saturated carbocycles. The second kappa shape index (κ2) is 7.22. The molecule has 0 saturated heterocycles. The Morgan fingerprint density at radius 3 is 2.55 bits per heavy atom. The summed E-state index contributed by atoms with van der Waals surface area (Å²) in [6, 6.07) is 0. The van der Waals surface area contributed by atoms with Gasteiger partial charge in [-0.2, -0.15) is 0 Å². The Balaban J connectivity index is 3.07. The van der Waals surface area contributed by atoms with Gasteiger partial charge >= 0.3 is 11.9 Å². The van der Waals surface area contributed by atoms with Gasteiger partial charge in [0.1, 0.15) is 5.41 Å². The molecule has 112 valence electrons. The molecule has 0 spiro atoms. The average Bonchev–Trinajstić information content (AvgIpc) is 2.76. The number of rotatable bonds is 6. The van der Waals surface area contributed by atoms with E-state index in [1.807, 2.05) is 19.1 Å². The van der Waals surface area contributed by atoms with Crippen molar-refractivity contribution in [3.05, 3.63) is 12.2 Å². The first-order valence-corrected chi connectivity index (χ1v) is 6.86. The Labute approximate surface area is 119 Å². The quantitative estimate of drug-likeness (QED) is 0.423. The van der Waals surface area contributed by atoms with E-state index in [-0.39, 0.29) is 24.5 Å². The Morgan fingerprint density at radius 2 is 2.00 bits per heavy atom. The van der Waals surface area contributed by atoms with E-state index in [9.17, 15) is 14.4 Å². The highest BCUT2D eigenvalue weighted by atomic mass is 16.5. The van der Waals surface area contributed by atoms with Crippen LogP contribution in [-0.2, 0) is 23.9 Å². The van der Waals surface area contributed by atoms with Crippen LogP contribution in [0.25, 0.3) is 0 Å². The zero-order chi connectivity index (χ0) is 15.2. The molecule has 1 aliphatic rings. The van der Waals surface area contributed by atoms with Gasteiger partial charge in [0, 0.05) is 12.8 Å². The minimum atomic E-state index is -1.23. The monoisotopic (exact) mass is 282 g/mol. The molecule has 0 heterocycles. The van der Waals surface area contributed by atoms with Gasteiger partial charge in [-0.05, 0) is 25.2 Å². The topological polar surface area (TPSA) is 69.7 Å². The van der Waals surface area contributed by atoms with Gasteiger partial charge in [0.25, 0.3) is 0 Å². The van der Waals surface area contributed by atoms with E-state index in [1.165, 1.54) is 14.2 Å². The van der Waals surface area contributed by atoms with Gasteiger partial charge in [0.2, 0.25) is 0 Å². The molecule has 0 N–H and O–H groups in total. The molecular formula is C15H22O5. The molecule has 0 aromatic rings. The van der Waals surface area contributed by atoms with Crippen LogP contribution in [0.5, 0.6) is 0 Å². The van der Waals surface area contributed by atoms with E-state index in [1.54, 1.807) is 0 Å². The third kappa shape index (κ3) is 3.08. The average molecular weight is 282 g/mol. The lowest BCUT2D eigenvalue weighted by Crippen LogP contribution is -2.42. The van der Waals surface area contributed by atoms with Crippen LogP contribution in [-0.4, -0.2) is 31.9 Å². The highest BCUT2D eigenvalue weighted by molar-refractivity contribution is 6.06. The molecule has 5 nitrogen and oxygen atoms in total. The molecule has 1 fully saturated rings. The maximum Gasteiger partial charge on any atom is 0.319 e. The number of Topliss-reactive ketones (excluding diaryl/α,β-unsaturated/α-hetero) is 1. The Bertz CT molecular complexity index is 412. The highest BCUT2D eigenvalue weighted by Crippen LogP contribution is 2.46. The molecule has 0 radical (unpaired) electrons. The van der Waals surface area contributed by atoms with Gasteiger partial charge in [-0.25, -0.2) is 0 Å². The lowest BCUT2D eigenvalue weighted by atomic mass is 9.73. The van der Waals surface area contributed by atoms with Crippen LogP contribution in [0.1, 0.15) is 39.0 Å². The van der Waals surface area contributed by atoms with Crippen LogP contribution < -0.4 is 0 Å². The van der Waals surface area contributed by atoms with Crippen molar-refractivity contribution < 1.29 is 23.9 Å². The van der Waals surface area contributed by atoms with Crippen LogP contribution in [0.4, 0.5) is 0 Å². The maximum atomic E-state index is 12.3. The Hall–Kier alpha value is -1.65. The van der Waals surface area contributed by atoms with Crippen molar-refractivity contribution in [1.29, 1.82) is 0 Å². The van der Waals surface area contributed by atoms with Crippen LogP contribution >= 0.6 is 0 Å². The molecule has 0 aromatic heterocycles. The summed E-state index contributed by atoms with van der Waals surface area (Å²) < 4.78 is 9.50. The molecule has 5 heteroatoms. The second-order valence-electron chi connectivity index (χ2n) is 4.99. The van der Waals surface area contributed by atoms with Gasteiger partial charge in [0.15, 0.2) is 5.78 Å². The Morgan fingerprint density at radius 1 is 1.30 bits per heavy atom. The fraction of sp³-hybridized carbons (Fsp3) is 0.667. The SMILES string of the molecule is CC/C=C/CC1(C(=O)OC)C(=O)CCC1CC(=O)OC. The van der Waals surface area contributed by atoms with Crippen LogP contribution in [0.15, 0.2) is 12.2 Å². The van der Waals surface area contributed by atoms with E-state index in [0.29, 0.717) is 12.8 Å². The number of allylic oxidation sites excluding steroid dienone is 2. The molecule has 0 amide bonds. The van der Waals surface area contributed by atoms with Crippen molar-refractivity contribution in [1.82, 2.24) is 0 Å². The highest BCUT2D eigenvalue weighted by Gasteiger charge is 2.56. The maximum absolute atomic E-state index is 12.3. The smallest absolute Gasteiger partial charge is 0.319 e. The minimum Gasteiger partial charge on any atom is -0.469 e. The third-order valence-corrected chi connectivity index (χ3v) is 3.95. The summed E-state index contributed by atoms with van der Waals surface area (Å²) in [5.74, 6) is -1.44. The lowest BCUT2D eigenvalue weighted by Gasteiger charge is -2.29. The van der Waals surface area contributed by atoms with Crippen molar-refractivity contribution in [2.45, 2.75) is 39.0 Å². The molecule has 20 heavy (non-hydrogen) atoms. The predicted octanol–water partition coefficient (Wildman–Crippen LogP) is 2.04. The van der Waals surface area contributed by atoms with E-state index in [2.05, 4.69) is 4.74 Å². The molecule has 2 unspecified atom stereocenters. The number of methoxy groups -OCH3 is 2. The summed E-state index contributed by atoms with van der Waals surface area (Å²) in [6.07, 6.45) is 5.73. The normalized spacial score (nSPS) is 25.9. The van der Waals surface area contributed by atoms with E-state index in [0.717, 1.165) is 6.42 Å². The van der Waals surface area contributed by atoms with Crippen LogP contribution in [0.2, 0.25) is 0 Å². The summed E-state index contributed by atoms with van der Waals surface area (Å²) in [4.78, 5) is 36.0. The standard InChI is InChI=1S/C15H22O5/c1-4-5-6-9-15(14(18)20-3)11(7-8-12(15)16)10-13(17)19-2/h5-6,11H,4,7-10H2,1-3H3/b6-5+. The summed E-state index contributed by atoms with van der Waals surface area (Å²) >= 11 is 0. The fourth-order valence-corrected chi connectivity index (χ4v) is 2.83. The van der Waals surface area contributed by atoms with Crippen molar-refractivity contribution >= 4 is 17.7 Å². The largest absolute Gasteiger partial charge is 0.469 e. The number of ketones is 1. The van der Waals surface area contributed by atoms with Crippen molar-refractivity contribution in [3.8, 4) is 0 Å². The summed E-state index contributed by atoms with van der Waals surface area (Å²) in [7, 11) is 2.57. The van der Waals surface area contributed by atoms with Gasteiger partial charge in [0.05, 0.1) is 14.2 Å². The second-order valence-corrected chi connectivity index (χ2v) is 4.99. The molecular weight excluding hydrogens is 260 g/mol. The number of ether oxygens (including phenoxy) is 2. The fourth-order valence-electron chi connectivity index (χ4n) is 2.83. The van der Waals surface area contributed by atoms with Crippen molar-refractivity contribution in [2.24, 2.45) is 11.3 Å². The van der Waals surface area contributed by atoms with Crippen LogP contribution in [0, 0.1) is 11.3 Å². The zero-order valence-electron chi connectivity index (χ0n) is 12.3. The predicted molar refractivity (Wildman–Crippen MR) is 72.9 cm³/mol. The van der Waals surface area contributed by atoms with E-state index in [4.69, 9.17) is 4.74 Å². The first-order valence-electron chi connectivity index (χ1n) is 6.86. The van der Waals surface area contributed by atoms with Crippen molar-refractivity contribution in [2.75, 3.05) is 14.2 Å². The van der Waals surface area contributed by atoms with Crippen LogP contribution in [0.3, 0.4) is 0 Å². The lowest BCUT2D eigenvalue weighted by molar-refractivity contribution is -0.160. The van der Waals surface area contributed by atoms with Crippen molar-refractivity contribution in [3.63, 3.8) is 0 Å². The van der Waals surface area contributed by atoms with Gasteiger partial charge in [-0.1, -0.05) is 19.1 Å². The molecule has 1 rings (SSSR count). The van der Waals surface area contributed by atoms with E-state index >= 15 is 0 Å². The molecule has 0 bridgehead atoms. The summed E-state index contributed by atoms with van der Waals surface area (Å²) in [5.41, 5.74) is -1.23. The zero-order valence-corrected chi connectivity index (χ0v) is 12.3. The number of carbonyl (C=O) groups excluding carboxylic acids is 3. The number of esters is 2. The Kier molecular flexibility index (Phi) is 5.92. The van der Waals surface area contributed by atoms with Gasteiger partial charge < -0.3 is 9.47 Å². The number of carbonyl (C=O) groups is 3. The minimum absolute atomic E-state index is 0.0668. The molecule has 2 atom stereocenters. The van der Waals surface area contributed by atoms with Gasteiger partial charge in [-0.15, -0.1) is 0 Å². The molecule has 0 aromatic carbocycles. The third-order valence-electron chi connectivity index (χ3n) is 3.95. The molecule has 0 aliphatic heterocycles. The first-order chi connectivity index (χ1) is 9.52. The van der Waals surface area contributed by atoms with E-state index < -0.39 is 17.4 Å². The first kappa shape index (κ1) is 16.4. The number of hydrogen-bond acceptors (Lipinski definition) is 5. The number of hydrogen-bond donors (Lipinski definition) is 0. The summed E-state index contributed by atoms with van der Waals surface area (Å²) in [5, 5.41) is 0. The molecule has 1 aliphatic carbocycles. The summed E-state index contributed by atoms with van der Waals surface area (Å²) in [6.45, 7) is 1.98. The van der Waals surface area contributed by atoms with Gasteiger partial charge in [-0.3, -0.25) is 14.4 Å².